The molecule has 4 aromatic rings. The van der Waals surface area contributed by atoms with E-state index in [1.165, 1.54) is 21.2 Å². The molecule has 4 aromatic carbocycles. The van der Waals surface area contributed by atoms with Gasteiger partial charge in [0, 0.05) is 0 Å². The van der Waals surface area contributed by atoms with E-state index in [4.69, 9.17) is 0 Å². The Morgan fingerprint density at radius 2 is 0.519 bits per heavy atom. The van der Waals surface area contributed by atoms with Crippen LogP contribution in [0.4, 0.5) is 0 Å². The third-order valence-electron chi connectivity index (χ3n) is 4.57. The van der Waals surface area contributed by atoms with Crippen LogP contribution in [0.1, 0.15) is 0 Å². The summed E-state index contributed by atoms with van der Waals surface area (Å²) >= 11 is 0. The number of halogens is 1. The summed E-state index contributed by atoms with van der Waals surface area (Å²) in [5.74, 6) is 0. The zero-order valence-corrected chi connectivity index (χ0v) is 18.2. The summed E-state index contributed by atoms with van der Waals surface area (Å²) in [7, 11) is -1.91. The summed E-state index contributed by atoms with van der Waals surface area (Å²) in [4.78, 5) is 0. The zero-order chi connectivity index (χ0) is 17.0. The molecule has 0 nitrogen and oxygen atoms in total. The molecule has 0 saturated carbocycles. The van der Waals surface area contributed by atoms with Gasteiger partial charge in [-0.1, -0.05) is 72.8 Å². The highest BCUT2D eigenvalue weighted by molar-refractivity contribution is 8.01. The van der Waals surface area contributed by atoms with Crippen molar-refractivity contribution < 1.29 is 0 Å². The van der Waals surface area contributed by atoms with Gasteiger partial charge in [-0.2, -0.15) is 9.90 Å². The molecule has 136 valence electrons. The van der Waals surface area contributed by atoms with Crippen LogP contribution in [0.2, 0.25) is 0 Å². The van der Waals surface area contributed by atoms with E-state index < -0.39 is 7.26 Å². The highest BCUT2D eigenvalue weighted by Crippen LogP contribution is 2.53. The van der Waals surface area contributed by atoms with E-state index in [2.05, 4.69) is 121 Å². The van der Waals surface area contributed by atoms with Crippen molar-refractivity contribution in [1.82, 2.24) is 0 Å². The van der Waals surface area contributed by atoms with Crippen molar-refractivity contribution in [2.24, 2.45) is 0 Å². The highest BCUT2D eigenvalue weighted by atomic mass is 35.5. The molecule has 0 aliphatic rings. The third kappa shape index (κ3) is 3.99. The van der Waals surface area contributed by atoms with Gasteiger partial charge in [0.15, 0.2) is 0 Å². The van der Waals surface area contributed by atoms with Crippen LogP contribution in [0.25, 0.3) is 0 Å². The summed E-state index contributed by atoms with van der Waals surface area (Å²) in [5.41, 5.74) is 0. The molecule has 0 amide bonds. The number of hydrogen-bond donors (Lipinski definition) is 0. The van der Waals surface area contributed by atoms with Crippen molar-refractivity contribution in [2.45, 2.75) is 0 Å². The predicted octanol–water partition coefficient (Wildman–Crippen LogP) is 4.79. The van der Waals surface area contributed by atoms with E-state index in [0.717, 1.165) is 0 Å². The van der Waals surface area contributed by atoms with Gasteiger partial charge in [0.25, 0.3) is 0 Å². The normalized spacial score (nSPS) is 10.4. The second-order valence-corrected chi connectivity index (χ2v) is 9.42. The number of rotatable bonds is 4. The van der Waals surface area contributed by atoms with E-state index in [0.29, 0.717) is 0 Å². The molecular weight excluding hydrogens is 386 g/mol. The van der Waals surface area contributed by atoms with Crippen LogP contribution >= 0.6 is 29.6 Å². The Hall–Kier alpha value is -1.97. The minimum Gasteiger partial charge on any atom is -0.153 e. The molecule has 1 atom stereocenters. The lowest BCUT2D eigenvalue weighted by Crippen LogP contribution is -2.38. The van der Waals surface area contributed by atoms with E-state index in [1.807, 2.05) is 0 Å². The van der Waals surface area contributed by atoms with Crippen molar-refractivity contribution in [2.75, 3.05) is 0 Å². The number of hydrogen-bond acceptors (Lipinski definition) is 0. The Labute approximate surface area is 172 Å². The van der Waals surface area contributed by atoms with Crippen molar-refractivity contribution in [3.63, 3.8) is 0 Å². The topological polar surface area (TPSA) is 0 Å². The first kappa shape index (κ1) is 21.3. The van der Waals surface area contributed by atoms with E-state index in [1.54, 1.807) is 0 Å². The van der Waals surface area contributed by atoms with Crippen LogP contribution in [-0.2, 0) is 0 Å². The predicted molar refractivity (Wildman–Crippen MR) is 130 cm³/mol. The van der Waals surface area contributed by atoms with Gasteiger partial charge in [-0.3, -0.25) is 0 Å². The lowest BCUT2D eigenvalue weighted by atomic mass is 10.3. The molecule has 0 spiro atoms. The van der Waals surface area contributed by atoms with Crippen LogP contribution in [0.5, 0.6) is 0 Å². The van der Waals surface area contributed by atoms with E-state index in [9.17, 15) is 0 Å². The molecule has 4 rings (SSSR count). The third-order valence-corrected chi connectivity index (χ3v) is 8.86. The summed E-state index contributed by atoms with van der Waals surface area (Å²) < 4.78 is 0. The SMILES string of the molecule is Cl.P.c1ccc([P+](c2ccccc2)(c2ccccc2)c2ccccc2)cc1. The van der Waals surface area contributed by atoms with Crippen LogP contribution in [0, 0.1) is 0 Å². The van der Waals surface area contributed by atoms with Gasteiger partial charge in [-0.25, -0.2) is 0 Å². The van der Waals surface area contributed by atoms with Gasteiger partial charge in [-0.15, -0.1) is 12.4 Å². The maximum Gasteiger partial charge on any atom is 0.144 e. The molecule has 0 aromatic heterocycles. The lowest BCUT2D eigenvalue weighted by Gasteiger charge is -2.27. The van der Waals surface area contributed by atoms with Crippen LogP contribution in [-0.4, -0.2) is 0 Å². The second kappa shape index (κ2) is 9.82. The Morgan fingerprint density at radius 1 is 0.333 bits per heavy atom. The first-order valence-corrected chi connectivity index (χ1v) is 10.3. The lowest BCUT2D eigenvalue weighted by molar-refractivity contribution is 1.71. The summed E-state index contributed by atoms with van der Waals surface area (Å²) in [6.45, 7) is 0. The van der Waals surface area contributed by atoms with Crippen molar-refractivity contribution in [3.8, 4) is 0 Å². The first-order chi connectivity index (χ1) is 12.4. The maximum atomic E-state index is 2.28. The summed E-state index contributed by atoms with van der Waals surface area (Å²) in [6, 6.07) is 43.8. The molecule has 0 aliphatic heterocycles. The zero-order valence-electron chi connectivity index (χ0n) is 15.1. The smallest absolute Gasteiger partial charge is 0.144 e. The molecule has 0 aliphatic carbocycles. The van der Waals surface area contributed by atoms with Crippen molar-refractivity contribution >= 4 is 50.8 Å². The van der Waals surface area contributed by atoms with Crippen molar-refractivity contribution in [1.29, 1.82) is 0 Å². The van der Waals surface area contributed by atoms with Crippen molar-refractivity contribution in [3.05, 3.63) is 121 Å². The van der Waals surface area contributed by atoms with Crippen LogP contribution in [0.3, 0.4) is 0 Å². The minimum absolute atomic E-state index is 0. The number of benzene rings is 4. The quantitative estimate of drug-likeness (QED) is 0.425. The summed E-state index contributed by atoms with van der Waals surface area (Å²) in [6.07, 6.45) is 0. The highest BCUT2D eigenvalue weighted by Gasteiger charge is 2.47. The fourth-order valence-electron chi connectivity index (χ4n) is 3.50. The van der Waals surface area contributed by atoms with Crippen LogP contribution < -0.4 is 21.2 Å². The van der Waals surface area contributed by atoms with E-state index >= 15 is 0 Å². The average molecular weight is 410 g/mol. The Balaban J connectivity index is 0.00000131. The van der Waals surface area contributed by atoms with Gasteiger partial charge < -0.3 is 0 Å². The van der Waals surface area contributed by atoms with Gasteiger partial charge in [0.2, 0.25) is 0 Å². The Morgan fingerprint density at radius 3 is 0.704 bits per heavy atom. The molecule has 3 heteroatoms. The monoisotopic (exact) mass is 409 g/mol. The fourth-order valence-corrected chi connectivity index (χ4v) is 7.77. The van der Waals surface area contributed by atoms with Gasteiger partial charge in [0.05, 0.1) is 0 Å². The Bertz CT molecular complexity index is 763. The minimum atomic E-state index is -1.91. The standard InChI is InChI=1S/C24H20P.ClH.H3P/c1-5-13-21(14-6-1)25(22-15-7-2-8-16-22,23-17-9-3-10-18-23)24-19-11-4-12-20-24;;/h1-20H;1H;1H3/q+1;;. The first-order valence-electron chi connectivity index (χ1n) is 8.54. The molecule has 0 radical (unpaired) electrons. The summed E-state index contributed by atoms with van der Waals surface area (Å²) in [5, 5.41) is 5.55. The molecule has 0 saturated heterocycles. The molecular formula is C24H24ClP2+. The molecule has 0 N–H and O–H groups in total. The molecule has 0 bridgehead atoms. The van der Waals surface area contributed by atoms with E-state index in [-0.39, 0.29) is 22.3 Å². The maximum absolute atomic E-state index is 2.28. The van der Waals surface area contributed by atoms with Gasteiger partial charge in [-0.05, 0) is 48.5 Å². The molecule has 0 fully saturated rings. The largest absolute Gasteiger partial charge is 0.153 e. The average Bonchev–Trinajstić information content (AvgIpc) is 2.72. The molecule has 1 unspecified atom stereocenters. The molecule has 27 heavy (non-hydrogen) atoms. The van der Waals surface area contributed by atoms with Crippen LogP contribution in [0.15, 0.2) is 121 Å². The second-order valence-electron chi connectivity index (χ2n) is 6.01. The van der Waals surface area contributed by atoms with Gasteiger partial charge in [0.1, 0.15) is 28.5 Å². The fraction of sp³-hybridized carbons (Fsp3) is 0. The Kier molecular flexibility index (Phi) is 7.76. The van der Waals surface area contributed by atoms with Gasteiger partial charge >= 0.3 is 0 Å². The molecule has 0 heterocycles.